The minimum Gasteiger partial charge on any atom is -0.361 e. The van der Waals surface area contributed by atoms with Crippen molar-refractivity contribution in [2.75, 3.05) is 5.32 Å². The first-order valence-corrected chi connectivity index (χ1v) is 8.70. The van der Waals surface area contributed by atoms with Crippen LogP contribution in [0.25, 0.3) is 0 Å². The zero-order valence-electron chi connectivity index (χ0n) is 12.7. The molecule has 5 nitrogen and oxygen atoms in total. The number of nitrogens with zero attached hydrogens (tertiary/aromatic N) is 2. The average Bonchev–Trinajstić information content (AvgIpc) is 3.10. The van der Waals surface area contributed by atoms with E-state index in [0.29, 0.717) is 11.5 Å². The number of aromatic nitrogens is 2. The van der Waals surface area contributed by atoms with Crippen LogP contribution in [0.1, 0.15) is 17.1 Å². The third kappa shape index (κ3) is 4.43. The fourth-order valence-electron chi connectivity index (χ4n) is 1.96. The minimum atomic E-state index is -0.116. The zero-order valence-corrected chi connectivity index (χ0v) is 14.3. The van der Waals surface area contributed by atoms with E-state index in [0.717, 1.165) is 20.6 Å². The predicted octanol–water partition coefficient (Wildman–Crippen LogP) is 4.08. The SMILES string of the molecule is Cc1csc(Sc2ccc(NC(=O)Cc3cc(C)on3)cc2)n1. The van der Waals surface area contributed by atoms with Crippen molar-refractivity contribution >= 4 is 34.7 Å². The number of aryl methyl sites for hydroxylation is 2. The maximum absolute atomic E-state index is 12.0. The first-order valence-electron chi connectivity index (χ1n) is 7.00. The van der Waals surface area contributed by atoms with Gasteiger partial charge in [0, 0.05) is 27.7 Å². The van der Waals surface area contributed by atoms with Gasteiger partial charge in [-0.05, 0) is 38.1 Å². The third-order valence-electron chi connectivity index (χ3n) is 2.96. The molecule has 0 atom stereocenters. The van der Waals surface area contributed by atoms with Gasteiger partial charge in [-0.15, -0.1) is 11.3 Å². The quantitative estimate of drug-likeness (QED) is 0.754. The van der Waals surface area contributed by atoms with Gasteiger partial charge in [0.25, 0.3) is 0 Å². The number of benzene rings is 1. The lowest BCUT2D eigenvalue weighted by Gasteiger charge is -2.05. The van der Waals surface area contributed by atoms with Gasteiger partial charge in [-0.3, -0.25) is 4.79 Å². The van der Waals surface area contributed by atoms with Gasteiger partial charge in [-0.25, -0.2) is 4.98 Å². The highest BCUT2D eigenvalue weighted by atomic mass is 32.2. The van der Waals surface area contributed by atoms with Crippen LogP contribution in [0.4, 0.5) is 5.69 Å². The van der Waals surface area contributed by atoms with E-state index >= 15 is 0 Å². The van der Waals surface area contributed by atoms with Crippen molar-refractivity contribution in [3.05, 3.63) is 52.9 Å². The maximum Gasteiger partial charge on any atom is 0.230 e. The molecule has 0 aliphatic heterocycles. The molecule has 2 heterocycles. The molecule has 1 amide bonds. The Hall–Kier alpha value is -2.12. The number of hydrogen-bond acceptors (Lipinski definition) is 6. The normalized spacial score (nSPS) is 10.7. The van der Waals surface area contributed by atoms with Crippen LogP contribution in [0.15, 0.2) is 49.5 Å². The monoisotopic (exact) mass is 345 g/mol. The number of thiazole rings is 1. The molecule has 0 bridgehead atoms. The highest BCUT2D eigenvalue weighted by molar-refractivity contribution is 8.01. The summed E-state index contributed by atoms with van der Waals surface area (Å²) < 4.78 is 5.97. The molecular formula is C16H15N3O2S2. The molecular weight excluding hydrogens is 330 g/mol. The first kappa shape index (κ1) is 15.8. The summed E-state index contributed by atoms with van der Waals surface area (Å²) in [4.78, 5) is 17.5. The second kappa shape index (κ2) is 6.97. The lowest BCUT2D eigenvalue weighted by Crippen LogP contribution is -2.14. The van der Waals surface area contributed by atoms with E-state index in [4.69, 9.17) is 4.52 Å². The molecule has 0 spiro atoms. The first-order chi connectivity index (χ1) is 11.1. The van der Waals surface area contributed by atoms with Crippen LogP contribution in [0.2, 0.25) is 0 Å². The lowest BCUT2D eigenvalue weighted by molar-refractivity contribution is -0.115. The summed E-state index contributed by atoms with van der Waals surface area (Å²) in [6.45, 7) is 3.78. The minimum absolute atomic E-state index is 0.116. The molecule has 1 N–H and O–H groups in total. The highest BCUT2D eigenvalue weighted by Crippen LogP contribution is 2.30. The molecule has 0 aliphatic carbocycles. The third-order valence-corrected chi connectivity index (χ3v) is 5.02. The number of amides is 1. The van der Waals surface area contributed by atoms with Crippen LogP contribution in [0.3, 0.4) is 0 Å². The number of anilines is 1. The van der Waals surface area contributed by atoms with Crippen molar-refractivity contribution in [3.63, 3.8) is 0 Å². The Morgan fingerprint density at radius 2 is 2.09 bits per heavy atom. The molecule has 118 valence electrons. The molecule has 0 radical (unpaired) electrons. The smallest absolute Gasteiger partial charge is 0.230 e. The zero-order chi connectivity index (χ0) is 16.2. The second-order valence-corrected chi connectivity index (χ2v) is 7.21. The standard InChI is InChI=1S/C16H15N3O2S2/c1-10-9-22-16(17-10)23-14-5-3-12(4-6-14)18-15(20)8-13-7-11(2)21-19-13/h3-7,9H,8H2,1-2H3,(H,18,20). The van der Waals surface area contributed by atoms with Crippen LogP contribution in [-0.4, -0.2) is 16.0 Å². The molecule has 0 unspecified atom stereocenters. The number of nitrogens with one attached hydrogen (secondary N) is 1. The van der Waals surface area contributed by atoms with Crippen LogP contribution in [0, 0.1) is 13.8 Å². The Labute approximate surface area is 142 Å². The van der Waals surface area contributed by atoms with Gasteiger partial charge < -0.3 is 9.84 Å². The molecule has 0 saturated heterocycles. The fraction of sp³-hybridized carbons (Fsp3) is 0.188. The summed E-state index contributed by atoms with van der Waals surface area (Å²) in [6, 6.07) is 9.47. The number of rotatable bonds is 5. The summed E-state index contributed by atoms with van der Waals surface area (Å²) in [6.07, 6.45) is 0.201. The highest BCUT2D eigenvalue weighted by Gasteiger charge is 2.08. The lowest BCUT2D eigenvalue weighted by atomic mass is 10.2. The van der Waals surface area contributed by atoms with Gasteiger partial charge in [-0.1, -0.05) is 16.9 Å². The Balaban J connectivity index is 1.57. The van der Waals surface area contributed by atoms with Crippen molar-refractivity contribution in [2.24, 2.45) is 0 Å². The summed E-state index contributed by atoms with van der Waals surface area (Å²) in [7, 11) is 0. The second-order valence-electron chi connectivity index (χ2n) is 5.04. The van der Waals surface area contributed by atoms with E-state index in [1.807, 2.05) is 36.6 Å². The van der Waals surface area contributed by atoms with Gasteiger partial charge >= 0.3 is 0 Å². The van der Waals surface area contributed by atoms with Crippen molar-refractivity contribution in [1.82, 2.24) is 10.1 Å². The van der Waals surface area contributed by atoms with E-state index in [2.05, 4.69) is 15.5 Å². The van der Waals surface area contributed by atoms with Crippen molar-refractivity contribution < 1.29 is 9.32 Å². The van der Waals surface area contributed by atoms with E-state index in [9.17, 15) is 4.79 Å². The van der Waals surface area contributed by atoms with Gasteiger partial charge in [0.1, 0.15) is 5.76 Å². The average molecular weight is 345 g/mol. The largest absolute Gasteiger partial charge is 0.361 e. The molecule has 0 fully saturated rings. The van der Waals surface area contributed by atoms with Gasteiger partial charge in [0.15, 0.2) is 4.34 Å². The van der Waals surface area contributed by atoms with Crippen LogP contribution in [-0.2, 0) is 11.2 Å². The van der Waals surface area contributed by atoms with Crippen LogP contribution < -0.4 is 5.32 Å². The number of carbonyl (C=O) groups is 1. The Morgan fingerprint density at radius 1 is 1.30 bits per heavy atom. The Bertz CT molecular complexity index is 809. The Morgan fingerprint density at radius 3 is 2.70 bits per heavy atom. The summed E-state index contributed by atoms with van der Waals surface area (Å²) in [5.74, 6) is 0.584. The molecule has 23 heavy (non-hydrogen) atoms. The van der Waals surface area contributed by atoms with Crippen molar-refractivity contribution in [2.45, 2.75) is 29.5 Å². The van der Waals surface area contributed by atoms with Crippen molar-refractivity contribution in [3.8, 4) is 0 Å². The van der Waals surface area contributed by atoms with Crippen LogP contribution >= 0.6 is 23.1 Å². The fourth-order valence-corrected chi connectivity index (χ4v) is 3.77. The van der Waals surface area contributed by atoms with Crippen molar-refractivity contribution in [1.29, 1.82) is 0 Å². The Kier molecular flexibility index (Phi) is 4.78. The molecule has 3 rings (SSSR count). The molecule has 1 aromatic carbocycles. The van der Waals surface area contributed by atoms with Gasteiger partial charge in [0.05, 0.1) is 12.1 Å². The molecule has 0 aliphatic rings. The molecule has 0 saturated carbocycles. The molecule has 3 aromatic rings. The predicted molar refractivity (Wildman–Crippen MR) is 91.0 cm³/mol. The maximum atomic E-state index is 12.0. The summed E-state index contributed by atoms with van der Waals surface area (Å²) >= 11 is 3.24. The van der Waals surface area contributed by atoms with Gasteiger partial charge in [-0.2, -0.15) is 0 Å². The van der Waals surface area contributed by atoms with E-state index < -0.39 is 0 Å². The topological polar surface area (TPSA) is 68.0 Å². The summed E-state index contributed by atoms with van der Waals surface area (Å²) in [5.41, 5.74) is 2.42. The van der Waals surface area contributed by atoms with E-state index in [1.54, 1.807) is 36.1 Å². The molecule has 7 heteroatoms. The van der Waals surface area contributed by atoms with E-state index in [1.165, 1.54) is 0 Å². The number of carbonyl (C=O) groups excluding carboxylic acids is 1. The van der Waals surface area contributed by atoms with Gasteiger partial charge in [0.2, 0.25) is 5.91 Å². The van der Waals surface area contributed by atoms with Crippen LogP contribution in [0.5, 0.6) is 0 Å². The molecule has 2 aromatic heterocycles. The number of hydrogen-bond donors (Lipinski definition) is 1. The van der Waals surface area contributed by atoms with E-state index in [-0.39, 0.29) is 12.3 Å². The summed E-state index contributed by atoms with van der Waals surface area (Å²) in [5, 5.41) is 8.70.